The van der Waals surface area contributed by atoms with Gasteiger partial charge in [0.15, 0.2) is 0 Å². The second-order valence-corrected chi connectivity index (χ2v) is 6.83. The molecular formula is C20H22N4O. The summed E-state index contributed by atoms with van der Waals surface area (Å²) < 4.78 is 1.80. The fraction of sp³-hybridized carbons (Fsp3) is 0.350. The molecule has 3 heterocycles. The molecule has 25 heavy (non-hydrogen) atoms. The number of Topliss-reactive ketones (excluding diaryl/α,β-unsaturated/α-hetero) is 1. The average Bonchev–Trinajstić information content (AvgIpc) is 3.08. The molecule has 1 aliphatic rings. The Morgan fingerprint density at radius 1 is 1.24 bits per heavy atom. The van der Waals surface area contributed by atoms with E-state index in [0.717, 1.165) is 53.5 Å². The Bertz CT molecular complexity index is 909. The zero-order valence-corrected chi connectivity index (χ0v) is 14.4. The van der Waals surface area contributed by atoms with Crippen LogP contribution in [0.3, 0.4) is 0 Å². The minimum atomic E-state index is 0.132. The van der Waals surface area contributed by atoms with E-state index in [1.807, 2.05) is 31.7 Å². The molecule has 0 amide bonds. The molecule has 128 valence electrons. The summed E-state index contributed by atoms with van der Waals surface area (Å²) >= 11 is 0. The number of benzene rings is 1. The molecular weight excluding hydrogens is 312 g/mol. The maximum atomic E-state index is 12.5. The number of carbonyl (C=O) groups is 1. The van der Waals surface area contributed by atoms with Crippen LogP contribution in [0.2, 0.25) is 0 Å². The Balaban J connectivity index is 1.59. The van der Waals surface area contributed by atoms with Crippen LogP contribution in [0.1, 0.15) is 18.5 Å². The zero-order valence-electron chi connectivity index (χ0n) is 14.4. The van der Waals surface area contributed by atoms with Gasteiger partial charge in [0.2, 0.25) is 0 Å². The number of aryl methyl sites for hydroxylation is 1. The minimum Gasteiger partial charge on any atom is -0.316 e. The summed E-state index contributed by atoms with van der Waals surface area (Å²) in [4.78, 5) is 17.0. The van der Waals surface area contributed by atoms with E-state index in [1.165, 1.54) is 0 Å². The molecule has 1 N–H and O–H groups in total. The highest BCUT2D eigenvalue weighted by atomic mass is 16.1. The van der Waals surface area contributed by atoms with Crippen LogP contribution >= 0.6 is 0 Å². The molecule has 1 saturated heterocycles. The van der Waals surface area contributed by atoms with Crippen molar-refractivity contribution >= 4 is 16.6 Å². The van der Waals surface area contributed by atoms with Crippen LogP contribution in [0.5, 0.6) is 0 Å². The molecule has 5 nitrogen and oxygen atoms in total. The van der Waals surface area contributed by atoms with E-state index in [4.69, 9.17) is 0 Å². The molecule has 1 aromatic carbocycles. The molecule has 0 spiro atoms. The molecule has 0 unspecified atom stereocenters. The topological polar surface area (TPSA) is 59.8 Å². The Morgan fingerprint density at radius 3 is 2.92 bits per heavy atom. The average molecular weight is 334 g/mol. The lowest BCUT2D eigenvalue weighted by atomic mass is 9.92. The first kappa shape index (κ1) is 16.0. The number of rotatable bonds is 4. The Kier molecular flexibility index (Phi) is 4.32. The van der Waals surface area contributed by atoms with Gasteiger partial charge in [0.1, 0.15) is 5.78 Å². The predicted octanol–water partition coefficient (Wildman–Crippen LogP) is 2.75. The molecule has 2 aromatic heterocycles. The van der Waals surface area contributed by atoms with Gasteiger partial charge in [0, 0.05) is 55.0 Å². The van der Waals surface area contributed by atoms with Crippen LogP contribution in [0.25, 0.3) is 21.9 Å². The van der Waals surface area contributed by atoms with Gasteiger partial charge in [0.25, 0.3) is 0 Å². The van der Waals surface area contributed by atoms with Gasteiger partial charge in [-0.05, 0) is 42.5 Å². The third-order valence-electron chi connectivity index (χ3n) is 4.92. The SMILES string of the molecule is Cn1cc(-c2ccc3cnc(CC(=O)[C@@H]4CCCNC4)cc3c2)cn1. The summed E-state index contributed by atoms with van der Waals surface area (Å²) in [6, 6.07) is 8.34. The largest absolute Gasteiger partial charge is 0.316 e. The number of hydrogen-bond donors (Lipinski definition) is 1. The lowest BCUT2D eigenvalue weighted by Crippen LogP contribution is -2.35. The summed E-state index contributed by atoms with van der Waals surface area (Å²) in [5.74, 6) is 0.426. The Morgan fingerprint density at radius 2 is 2.16 bits per heavy atom. The quantitative estimate of drug-likeness (QED) is 0.797. The van der Waals surface area contributed by atoms with E-state index in [9.17, 15) is 4.79 Å². The number of nitrogens with zero attached hydrogens (tertiary/aromatic N) is 3. The highest BCUT2D eigenvalue weighted by Crippen LogP contribution is 2.24. The van der Waals surface area contributed by atoms with E-state index in [-0.39, 0.29) is 5.92 Å². The molecule has 3 aromatic rings. The van der Waals surface area contributed by atoms with Crippen molar-refractivity contribution < 1.29 is 4.79 Å². The van der Waals surface area contributed by atoms with E-state index in [1.54, 1.807) is 4.68 Å². The summed E-state index contributed by atoms with van der Waals surface area (Å²) in [6.45, 7) is 1.83. The third-order valence-corrected chi connectivity index (χ3v) is 4.92. The number of pyridine rings is 1. The van der Waals surface area contributed by atoms with Crippen molar-refractivity contribution in [1.29, 1.82) is 0 Å². The normalized spacial score (nSPS) is 17.7. The summed E-state index contributed by atoms with van der Waals surface area (Å²) in [5, 5.41) is 9.74. The van der Waals surface area contributed by atoms with Crippen LogP contribution in [0, 0.1) is 5.92 Å². The number of nitrogens with one attached hydrogen (secondary N) is 1. The lowest BCUT2D eigenvalue weighted by Gasteiger charge is -2.21. The summed E-state index contributed by atoms with van der Waals surface area (Å²) in [5.41, 5.74) is 3.07. The molecule has 0 saturated carbocycles. The number of carbonyl (C=O) groups excluding carboxylic acids is 1. The number of piperidine rings is 1. The Labute approximate surface area is 147 Å². The number of ketones is 1. The van der Waals surface area contributed by atoms with Gasteiger partial charge in [-0.15, -0.1) is 0 Å². The van der Waals surface area contributed by atoms with Crippen molar-refractivity contribution in [3.8, 4) is 11.1 Å². The number of hydrogen-bond acceptors (Lipinski definition) is 4. The van der Waals surface area contributed by atoms with E-state index in [2.05, 4.69) is 33.6 Å². The third kappa shape index (κ3) is 3.46. The highest BCUT2D eigenvalue weighted by molar-refractivity contribution is 5.88. The van der Waals surface area contributed by atoms with Crippen molar-refractivity contribution in [1.82, 2.24) is 20.1 Å². The summed E-state index contributed by atoms with van der Waals surface area (Å²) in [6.07, 6.45) is 8.22. The predicted molar refractivity (Wildman–Crippen MR) is 98.2 cm³/mol. The van der Waals surface area contributed by atoms with Crippen LogP contribution in [0.15, 0.2) is 42.9 Å². The van der Waals surface area contributed by atoms with Gasteiger partial charge in [-0.25, -0.2) is 0 Å². The van der Waals surface area contributed by atoms with Crippen molar-refractivity contribution in [2.75, 3.05) is 13.1 Å². The van der Waals surface area contributed by atoms with Crippen molar-refractivity contribution in [2.45, 2.75) is 19.3 Å². The minimum absolute atomic E-state index is 0.132. The van der Waals surface area contributed by atoms with Crippen LogP contribution in [0.4, 0.5) is 0 Å². The smallest absolute Gasteiger partial charge is 0.143 e. The van der Waals surface area contributed by atoms with E-state index in [0.29, 0.717) is 12.2 Å². The second kappa shape index (κ2) is 6.76. The van der Waals surface area contributed by atoms with Gasteiger partial charge >= 0.3 is 0 Å². The first-order valence-corrected chi connectivity index (χ1v) is 8.80. The van der Waals surface area contributed by atoms with E-state index >= 15 is 0 Å². The van der Waals surface area contributed by atoms with Gasteiger partial charge in [0.05, 0.1) is 6.20 Å². The second-order valence-electron chi connectivity index (χ2n) is 6.83. The molecule has 1 fully saturated rings. The summed E-state index contributed by atoms with van der Waals surface area (Å²) in [7, 11) is 1.91. The first-order chi connectivity index (χ1) is 12.2. The Hall–Kier alpha value is -2.53. The number of fused-ring (bicyclic) bond motifs is 1. The van der Waals surface area contributed by atoms with Crippen LogP contribution < -0.4 is 5.32 Å². The van der Waals surface area contributed by atoms with Crippen molar-refractivity contribution in [3.05, 3.63) is 48.5 Å². The molecule has 5 heteroatoms. The lowest BCUT2D eigenvalue weighted by molar-refractivity contribution is -0.122. The molecule has 4 rings (SSSR count). The fourth-order valence-electron chi connectivity index (χ4n) is 3.48. The van der Waals surface area contributed by atoms with Crippen molar-refractivity contribution in [2.24, 2.45) is 13.0 Å². The first-order valence-electron chi connectivity index (χ1n) is 8.80. The maximum Gasteiger partial charge on any atom is 0.143 e. The van der Waals surface area contributed by atoms with Crippen LogP contribution in [-0.2, 0) is 18.3 Å². The maximum absolute atomic E-state index is 12.5. The van der Waals surface area contributed by atoms with Gasteiger partial charge in [-0.1, -0.05) is 12.1 Å². The van der Waals surface area contributed by atoms with Gasteiger partial charge in [-0.3, -0.25) is 14.5 Å². The number of aromatic nitrogens is 3. The van der Waals surface area contributed by atoms with Crippen molar-refractivity contribution in [3.63, 3.8) is 0 Å². The van der Waals surface area contributed by atoms with Crippen LogP contribution in [-0.4, -0.2) is 33.6 Å². The zero-order chi connectivity index (χ0) is 17.2. The van der Waals surface area contributed by atoms with Gasteiger partial charge in [-0.2, -0.15) is 5.10 Å². The molecule has 0 bridgehead atoms. The fourth-order valence-corrected chi connectivity index (χ4v) is 3.48. The highest BCUT2D eigenvalue weighted by Gasteiger charge is 2.21. The molecule has 0 aliphatic carbocycles. The van der Waals surface area contributed by atoms with E-state index < -0.39 is 0 Å². The monoisotopic (exact) mass is 334 g/mol. The molecule has 0 radical (unpaired) electrons. The standard InChI is InChI=1S/C20H22N4O/c1-24-13-18(12-23-24)14-4-5-15-11-22-19(8-17(15)7-14)9-20(25)16-3-2-6-21-10-16/h4-5,7-8,11-13,16,21H,2-3,6,9-10H2,1H3/t16-/m1/s1. The molecule has 1 aliphatic heterocycles. The van der Waals surface area contributed by atoms with Gasteiger partial charge < -0.3 is 5.32 Å². The molecule has 1 atom stereocenters.